The fourth-order valence-electron chi connectivity index (χ4n) is 1.41. The van der Waals surface area contributed by atoms with Crippen molar-refractivity contribution >= 4 is 27.3 Å². The lowest BCUT2D eigenvalue weighted by Gasteiger charge is -2.11. The van der Waals surface area contributed by atoms with Crippen LogP contribution >= 0.6 is 27.3 Å². The van der Waals surface area contributed by atoms with Crippen molar-refractivity contribution in [1.29, 1.82) is 0 Å². The van der Waals surface area contributed by atoms with Crippen LogP contribution in [-0.4, -0.2) is 4.98 Å². The number of aromatic nitrogens is 1. The molecule has 0 fully saturated rings. The van der Waals surface area contributed by atoms with Gasteiger partial charge in [0.15, 0.2) is 0 Å². The van der Waals surface area contributed by atoms with E-state index in [1.54, 1.807) is 17.5 Å². The average molecular weight is 283 g/mol. The van der Waals surface area contributed by atoms with E-state index < -0.39 is 0 Å². The average Bonchev–Trinajstić information content (AvgIpc) is 2.71. The first kappa shape index (κ1) is 10.8. The molecule has 0 saturated heterocycles. The lowest BCUT2D eigenvalue weighted by molar-refractivity contribution is 0.699. The summed E-state index contributed by atoms with van der Waals surface area (Å²) >= 11 is 5.19. The smallest absolute Gasteiger partial charge is 0.0716 e. The summed E-state index contributed by atoms with van der Waals surface area (Å²) in [4.78, 5) is 5.58. The van der Waals surface area contributed by atoms with Crippen LogP contribution in [0.3, 0.4) is 0 Å². The molecule has 1 unspecified atom stereocenters. The highest BCUT2D eigenvalue weighted by Gasteiger charge is 2.11. The van der Waals surface area contributed by atoms with Crippen LogP contribution in [-0.2, 0) is 6.42 Å². The standard InChI is InChI=1S/C11H11BrN2S/c12-9-4-1-5-14-11(9)10(13)7-8-3-2-6-15-8/h1-6,10H,7,13H2. The van der Waals surface area contributed by atoms with Crippen LogP contribution in [0.5, 0.6) is 0 Å². The Bertz CT molecular complexity index is 428. The van der Waals surface area contributed by atoms with E-state index in [-0.39, 0.29) is 6.04 Å². The van der Waals surface area contributed by atoms with Gasteiger partial charge in [-0.1, -0.05) is 6.07 Å². The zero-order chi connectivity index (χ0) is 10.7. The van der Waals surface area contributed by atoms with Crippen LogP contribution in [0.1, 0.15) is 16.6 Å². The highest BCUT2D eigenvalue weighted by molar-refractivity contribution is 9.10. The molecule has 4 heteroatoms. The van der Waals surface area contributed by atoms with E-state index in [1.807, 2.05) is 18.2 Å². The van der Waals surface area contributed by atoms with Crippen LogP contribution in [0.4, 0.5) is 0 Å². The summed E-state index contributed by atoms with van der Waals surface area (Å²) in [5, 5.41) is 2.06. The van der Waals surface area contributed by atoms with Crippen molar-refractivity contribution in [3.8, 4) is 0 Å². The molecule has 0 radical (unpaired) electrons. The first-order valence-corrected chi connectivity index (χ1v) is 6.33. The normalized spacial score (nSPS) is 12.7. The summed E-state index contributed by atoms with van der Waals surface area (Å²) in [5.74, 6) is 0. The van der Waals surface area contributed by atoms with Gasteiger partial charge < -0.3 is 5.73 Å². The molecular formula is C11H11BrN2S. The van der Waals surface area contributed by atoms with E-state index in [2.05, 4.69) is 32.4 Å². The predicted molar refractivity (Wildman–Crippen MR) is 66.9 cm³/mol. The van der Waals surface area contributed by atoms with E-state index in [1.165, 1.54) is 4.88 Å². The number of hydrogen-bond donors (Lipinski definition) is 1. The molecule has 2 heterocycles. The minimum atomic E-state index is -0.0424. The van der Waals surface area contributed by atoms with E-state index in [0.29, 0.717) is 0 Å². The van der Waals surface area contributed by atoms with Gasteiger partial charge >= 0.3 is 0 Å². The van der Waals surface area contributed by atoms with Gasteiger partial charge in [0.25, 0.3) is 0 Å². The molecule has 15 heavy (non-hydrogen) atoms. The van der Waals surface area contributed by atoms with Crippen LogP contribution in [0.25, 0.3) is 0 Å². The van der Waals surface area contributed by atoms with Gasteiger partial charge in [0.2, 0.25) is 0 Å². The molecule has 2 N–H and O–H groups in total. The molecule has 0 aliphatic carbocycles. The third kappa shape index (κ3) is 2.65. The summed E-state index contributed by atoms with van der Waals surface area (Å²) in [6.45, 7) is 0. The third-order valence-electron chi connectivity index (χ3n) is 2.14. The molecule has 2 aromatic heterocycles. The van der Waals surface area contributed by atoms with Gasteiger partial charge in [0.05, 0.1) is 11.7 Å². The molecule has 0 aliphatic heterocycles. The Hall–Kier alpha value is -0.710. The molecule has 0 spiro atoms. The van der Waals surface area contributed by atoms with Gasteiger partial charge in [-0.3, -0.25) is 4.98 Å². The van der Waals surface area contributed by atoms with Crippen molar-refractivity contribution in [2.75, 3.05) is 0 Å². The van der Waals surface area contributed by atoms with Crippen LogP contribution in [0, 0.1) is 0 Å². The molecule has 2 nitrogen and oxygen atoms in total. The van der Waals surface area contributed by atoms with Gasteiger partial charge in [-0.25, -0.2) is 0 Å². The second-order valence-electron chi connectivity index (χ2n) is 3.26. The van der Waals surface area contributed by atoms with Gasteiger partial charge in [-0.15, -0.1) is 11.3 Å². The van der Waals surface area contributed by atoms with Gasteiger partial charge in [-0.2, -0.15) is 0 Å². The molecule has 2 rings (SSSR count). The molecule has 2 aromatic rings. The van der Waals surface area contributed by atoms with Crippen LogP contribution in [0.2, 0.25) is 0 Å². The SMILES string of the molecule is NC(Cc1cccs1)c1ncccc1Br. The molecule has 0 saturated carbocycles. The largest absolute Gasteiger partial charge is 0.322 e. The van der Waals surface area contributed by atoms with Crippen molar-refractivity contribution in [3.05, 3.63) is 50.9 Å². The van der Waals surface area contributed by atoms with Gasteiger partial charge in [0.1, 0.15) is 0 Å². The lowest BCUT2D eigenvalue weighted by atomic mass is 10.1. The van der Waals surface area contributed by atoms with E-state index in [9.17, 15) is 0 Å². The van der Waals surface area contributed by atoms with Crippen molar-refractivity contribution in [3.63, 3.8) is 0 Å². The minimum absolute atomic E-state index is 0.0424. The number of hydrogen-bond acceptors (Lipinski definition) is 3. The number of thiophene rings is 1. The molecule has 78 valence electrons. The Balaban J connectivity index is 2.15. The first-order chi connectivity index (χ1) is 7.27. The quantitative estimate of drug-likeness (QED) is 0.939. The van der Waals surface area contributed by atoms with E-state index >= 15 is 0 Å². The molecule has 0 amide bonds. The molecule has 0 aromatic carbocycles. The predicted octanol–water partition coefficient (Wildman–Crippen LogP) is 3.15. The molecule has 0 aliphatic rings. The van der Waals surface area contributed by atoms with Gasteiger partial charge in [-0.05, 0) is 39.5 Å². The van der Waals surface area contributed by atoms with Crippen molar-refractivity contribution in [2.45, 2.75) is 12.5 Å². The Morgan fingerprint density at radius 3 is 2.93 bits per heavy atom. The Kier molecular flexibility index (Phi) is 3.51. The second-order valence-corrected chi connectivity index (χ2v) is 5.15. The Morgan fingerprint density at radius 2 is 2.27 bits per heavy atom. The minimum Gasteiger partial charge on any atom is -0.322 e. The zero-order valence-corrected chi connectivity index (χ0v) is 10.5. The summed E-state index contributed by atoms with van der Waals surface area (Å²) in [5.41, 5.74) is 7.02. The second kappa shape index (κ2) is 4.88. The number of nitrogens with two attached hydrogens (primary N) is 1. The topological polar surface area (TPSA) is 38.9 Å². The molecular weight excluding hydrogens is 272 g/mol. The summed E-state index contributed by atoms with van der Waals surface area (Å²) in [6.07, 6.45) is 2.61. The molecule has 0 bridgehead atoms. The van der Waals surface area contributed by atoms with Crippen molar-refractivity contribution in [1.82, 2.24) is 4.98 Å². The molecule has 1 atom stereocenters. The lowest BCUT2D eigenvalue weighted by Crippen LogP contribution is -2.14. The van der Waals surface area contributed by atoms with Crippen LogP contribution < -0.4 is 5.73 Å². The maximum absolute atomic E-state index is 6.10. The number of rotatable bonds is 3. The monoisotopic (exact) mass is 282 g/mol. The summed E-state index contributed by atoms with van der Waals surface area (Å²) in [7, 11) is 0. The van der Waals surface area contributed by atoms with Crippen LogP contribution in [0.15, 0.2) is 40.3 Å². The van der Waals surface area contributed by atoms with Crippen molar-refractivity contribution in [2.24, 2.45) is 5.73 Å². The Morgan fingerprint density at radius 1 is 1.40 bits per heavy atom. The van der Waals surface area contributed by atoms with Crippen molar-refractivity contribution < 1.29 is 0 Å². The zero-order valence-electron chi connectivity index (χ0n) is 8.06. The summed E-state index contributed by atoms with van der Waals surface area (Å²) in [6, 6.07) is 7.96. The van der Waals surface area contributed by atoms with E-state index in [4.69, 9.17) is 5.73 Å². The number of nitrogens with zero attached hydrogens (tertiary/aromatic N) is 1. The number of pyridine rings is 1. The highest BCUT2D eigenvalue weighted by atomic mass is 79.9. The van der Waals surface area contributed by atoms with Gasteiger partial charge in [0, 0.05) is 22.0 Å². The maximum atomic E-state index is 6.10. The maximum Gasteiger partial charge on any atom is 0.0716 e. The third-order valence-corrected chi connectivity index (χ3v) is 3.71. The van der Waals surface area contributed by atoms with E-state index in [0.717, 1.165) is 16.6 Å². The summed E-state index contributed by atoms with van der Waals surface area (Å²) < 4.78 is 0.981. The Labute approximate surface area is 101 Å². The first-order valence-electron chi connectivity index (χ1n) is 4.66. The fourth-order valence-corrected chi connectivity index (χ4v) is 2.73. The fraction of sp³-hybridized carbons (Fsp3) is 0.182. The highest BCUT2D eigenvalue weighted by Crippen LogP contribution is 2.23. The number of halogens is 1.